The van der Waals surface area contributed by atoms with Crippen molar-refractivity contribution in [1.82, 2.24) is 15.3 Å². The molecule has 9 nitrogen and oxygen atoms in total. The molecule has 0 aliphatic heterocycles. The van der Waals surface area contributed by atoms with Crippen LogP contribution in [0.5, 0.6) is 5.75 Å². The summed E-state index contributed by atoms with van der Waals surface area (Å²) in [6.45, 7) is 11.7. The van der Waals surface area contributed by atoms with Gasteiger partial charge < -0.3 is 21.6 Å². The van der Waals surface area contributed by atoms with Crippen LogP contribution in [0.25, 0.3) is 10.8 Å². The number of rotatable bonds is 8. The minimum Gasteiger partial charge on any atom is -0.543 e. The first-order valence-corrected chi connectivity index (χ1v) is 15.5. The number of guanidine groups is 1. The van der Waals surface area contributed by atoms with Crippen molar-refractivity contribution in [2.24, 2.45) is 10.7 Å². The maximum absolute atomic E-state index is 12.3. The number of carbonyl (C=O) groups excluding carboxylic acids is 1. The number of benzene rings is 2. The van der Waals surface area contributed by atoms with Gasteiger partial charge >= 0.3 is 0 Å². The molecule has 0 fully saturated rings. The van der Waals surface area contributed by atoms with Gasteiger partial charge in [0.25, 0.3) is 5.91 Å². The minimum absolute atomic E-state index is 0.0291. The monoisotopic (exact) mass is 541 g/mol. The molecule has 7 N–H and O–H groups in total. The summed E-state index contributed by atoms with van der Waals surface area (Å²) in [6.07, 6.45) is 2.62. The zero-order valence-corrected chi connectivity index (χ0v) is 23.8. The molecule has 0 spiro atoms. The number of aliphatic imine (C=N–C) groups is 1. The lowest BCUT2D eigenvalue weighted by Crippen LogP contribution is -2.43. The lowest BCUT2D eigenvalue weighted by molar-refractivity contribution is 0.0972. The molecular formula is C26H36ClN7O2Si. The smallest absolute Gasteiger partial charge is 0.280 e. The molecule has 0 atom stereocenters. The minimum atomic E-state index is -1.90. The van der Waals surface area contributed by atoms with E-state index in [1.54, 1.807) is 0 Å². The maximum atomic E-state index is 12.3. The van der Waals surface area contributed by atoms with E-state index in [2.05, 4.69) is 90.5 Å². The highest BCUT2D eigenvalue weighted by Crippen LogP contribution is 2.38. The van der Waals surface area contributed by atoms with Crippen molar-refractivity contribution >= 4 is 54.2 Å². The average Bonchev–Trinajstić information content (AvgIpc) is 2.80. The Morgan fingerprint density at radius 3 is 2.54 bits per heavy atom. The molecule has 3 rings (SSSR count). The standard InChI is InChI=1S/C26H36ClN7O2Si/c1-26(2,3)37(4,5)36-18-12-13-19-16(10-8-11-17(19)15-18)9-6-7-14-31-25(30)34-24(35)20-22(28)33-23(29)21(27)32-20/h8,10-13,15H,6-7,9,14H2,1-5H3,(H4,28,29,33)(H3,30,31,34,35). The summed E-state index contributed by atoms with van der Waals surface area (Å²) in [5, 5.41) is 4.87. The van der Waals surface area contributed by atoms with Crippen LogP contribution in [-0.2, 0) is 6.42 Å². The Morgan fingerprint density at radius 1 is 1.11 bits per heavy atom. The summed E-state index contributed by atoms with van der Waals surface area (Å²) in [5.41, 5.74) is 18.2. The number of hydrogen-bond donors (Lipinski definition) is 4. The van der Waals surface area contributed by atoms with Crippen LogP contribution in [0.2, 0.25) is 23.3 Å². The van der Waals surface area contributed by atoms with Gasteiger partial charge in [0.2, 0.25) is 8.32 Å². The average molecular weight is 542 g/mol. The molecule has 37 heavy (non-hydrogen) atoms. The number of amides is 1. The van der Waals surface area contributed by atoms with Gasteiger partial charge in [-0.1, -0.05) is 56.6 Å². The number of hydrogen-bond acceptors (Lipinski definition) is 7. The van der Waals surface area contributed by atoms with Crippen LogP contribution in [0.3, 0.4) is 0 Å². The molecule has 0 unspecified atom stereocenters. The molecule has 0 saturated carbocycles. The fourth-order valence-corrected chi connectivity index (χ4v) is 4.66. The van der Waals surface area contributed by atoms with Gasteiger partial charge in [0, 0.05) is 6.54 Å². The number of carbonyl (C=O) groups is 1. The van der Waals surface area contributed by atoms with Crippen LogP contribution in [-0.4, -0.2) is 36.7 Å². The van der Waals surface area contributed by atoms with E-state index in [0.717, 1.165) is 25.0 Å². The van der Waals surface area contributed by atoms with Crippen LogP contribution in [0.4, 0.5) is 11.6 Å². The number of nitrogens with zero attached hydrogens (tertiary/aromatic N) is 3. The SMILES string of the molecule is CC(C)(C)[Si](C)(C)Oc1ccc2c(CCCCN=C(N)NC(=O)c3nc(Cl)c(N)nc3N)cccc2c1. The van der Waals surface area contributed by atoms with E-state index in [4.69, 9.17) is 33.2 Å². The van der Waals surface area contributed by atoms with Gasteiger partial charge in [-0.3, -0.25) is 15.1 Å². The molecule has 2 aromatic carbocycles. The van der Waals surface area contributed by atoms with Gasteiger partial charge in [-0.05, 0) is 65.9 Å². The normalized spacial score (nSPS) is 12.5. The molecule has 198 valence electrons. The molecule has 0 aliphatic rings. The Hall–Kier alpha value is -3.37. The molecule has 3 aromatic rings. The molecule has 0 radical (unpaired) electrons. The van der Waals surface area contributed by atoms with Crippen LogP contribution >= 0.6 is 11.6 Å². The Morgan fingerprint density at radius 2 is 1.84 bits per heavy atom. The third-order valence-corrected chi connectivity index (χ3v) is 11.3. The summed E-state index contributed by atoms with van der Waals surface area (Å²) in [4.78, 5) is 24.2. The lowest BCUT2D eigenvalue weighted by Gasteiger charge is -2.36. The lowest BCUT2D eigenvalue weighted by atomic mass is 10.00. The number of nitrogen functional groups attached to an aromatic ring is 2. The van der Waals surface area contributed by atoms with E-state index in [1.165, 1.54) is 16.3 Å². The second kappa shape index (κ2) is 11.3. The summed E-state index contributed by atoms with van der Waals surface area (Å²) < 4.78 is 6.48. The second-order valence-corrected chi connectivity index (χ2v) is 15.6. The van der Waals surface area contributed by atoms with E-state index in [0.29, 0.717) is 6.54 Å². The highest BCUT2D eigenvalue weighted by molar-refractivity contribution is 6.74. The number of fused-ring (bicyclic) bond motifs is 1. The van der Waals surface area contributed by atoms with Crippen molar-refractivity contribution in [2.45, 2.75) is 58.2 Å². The van der Waals surface area contributed by atoms with Gasteiger partial charge in [-0.25, -0.2) is 9.97 Å². The first kappa shape index (κ1) is 28.2. The molecular weight excluding hydrogens is 506 g/mol. The zero-order valence-electron chi connectivity index (χ0n) is 22.1. The van der Waals surface area contributed by atoms with Crippen LogP contribution < -0.4 is 26.9 Å². The van der Waals surface area contributed by atoms with Crippen molar-refractivity contribution in [3.63, 3.8) is 0 Å². The van der Waals surface area contributed by atoms with Crippen molar-refractivity contribution in [3.05, 3.63) is 52.8 Å². The van der Waals surface area contributed by atoms with E-state index >= 15 is 0 Å². The predicted octanol–water partition coefficient (Wildman–Crippen LogP) is 4.90. The van der Waals surface area contributed by atoms with E-state index in [1.807, 2.05) is 0 Å². The van der Waals surface area contributed by atoms with Gasteiger partial charge in [0.1, 0.15) is 5.75 Å². The molecule has 0 aliphatic carbocycles. The number of nitrogens with one attached hydrogen (secondary N) is 1. The highest BCUT2D eigenvalue weighted by atomic mass is 35.5. The number of aromatic nitrogens is 2. The molecule has 1 aromatic heterocycles. The Labute approximate surface area is 224 Å². The zero-order chi connectivity index (χ0) is 27.4. The van der Waals surface area contributed by atoms with Gasteiger partial charge in [-0.2, -0.15) is 0 Å². The first-order chi connectivity index (χ1) is 17.3. The molecule has 1 amide bonds. The van der Waals surface area contributed by atoms with Gasteiger partial charge in [-0.15, -0.1) is 0 Å². The van der Waals surface area contributed by atoms with Crippen LogP contribution in [0.1, 0.15) is 49.7 Å². The largest absolute Gasteiger partial charge is 0.543 e. The van der Waals surface area contributed by atoms with Crippen molar-refractivity contribution in [1.29, 1.82) is 0 Å². The van der Waals surface area contributed by atoms with Crippen molar-refractivity contribution in [2.75, 3.05) is 18.0 Å². The van der Waals surface area contributed by atoms with Crippen LogP contribution in [0.15, 0.2) is 41.4 Å². The topological polar surface area (TPSA) is 155 Å². The summed E-state index contributed by atoms with van der Waals surface area (Å²) >= 11 is 5.82. The summed E-state index contributed by atoms with van der Waals surface area (Å²) in [6, 6.07) is 12.7. The highest BCUT2D eigenvalue weighted by Gasteiger charge is 2.39. The first-order valence-electron chi connectivity index (χ1n) is 12.2. The second-order valence-electron chi connectivity index (χ2n) is 10.5. The van der Waals surface area contributed by atoms with Crippen molar-refractivity contribution in [3.8, 4) is 5.75 Å². The quantitative estimate of drug-likeness (QED) is 0.137. The number of unbranched alkanes of at least 4 members (excludes halogenated alkanes) is 1. The third-order valence-electron chi connectivity index (χ3n) is 6.62. The molecule has 0 saturated heterocycles. The molecule has 1 heterocycles. The Kier molecular flexibility index (Phi) is 8.65. The fraction of sp³-hybridized carbons (Fsp3) is 0.385. The maximum Gasteiger partial charge on any atom is 0.280 e. The van der Waals surface area contributed by atoms with Gasteiger partial charge in [0.15, 0.2) is 28.4 Å². The predicted molar refractivity (Wildman–Crippen MR) is 155 cm³/mol. The number of nitrogens with two attached hydrogens (primary N) is 3. The summed E-state index contributed by atoms with van der Waals surface area (Å²) in [7, 11) is -1.90. The van der Waals surface area contributed by atoms with E-state index in [9.17, 15) is 4.79 Å². The summed E-state index contributed by atoms with van der Waals surface area (Å²) in [5.74, 6) is 0.0564. The van der Waals surface area contributed by atoms with E-state index < -0.39 is 14.2 Å². The van der Waals surface area contributed by atoms with E-state index in [-0.39, 0.29) is 33.5 Å². The number of anilines is 2. The Balaban J connectivity index is 1.55. The van der Waals surface area contributed by atoms with Gasteiger partial charge in [0.05, 0.1) is 0 Å². The fourth-order valence-electron chi connectivity index (χ4n) is 3.51. The molecule has 0 bridgehead atoms. The molecule has 11 heteroatoms. The van der Waals surface area contributed by atoms with Crippen LogP contribution in [0, 0.1) is 0 Å². The van der Waals surface area contributed by atoms with Crippen molar-refractivity contribution < 1.29 is 9.22 Å². The third kappa shape index (κ3) is 7.11. The number of halogens is 1. The number of aryl methyl sites for hydroxylation is 1. The Bertz CT molecular complexity index is 1320.